The maximum atomic E-state index is 10.5. The minimum Gasteiger partial charge on any atom is -0.506 e. The number of aromatic nitrogens is 1. The van der Waals surface area contributed by atoms with Crippen molar-refractivity contribution in [1.29, 1.82) is 0 Å². The monoisotopic (exact) mass is 315 g/mol. The van der Waals surface area contributed by atoms with E-state index in [1.807, 2.05) is 19.9 Å². The number of anilines is 1. The number of hydrogen-bond donors (Lipinski definition) is 1. The molecular weight excluding hydrogens is 298 g/mol. The van der Waals surface area contributed by atoms with Gasteiger partial charge in [-0.25, -0.2) is 4.98 Å². The zero-order chi connectivity index (χ0) is 16.8. The molecule has 1 aromatic carbocycles. The zero-order valence-electron chi connectivity index (χ0n) is 12.9. The van der Waals surface area contributed by atoms with Gasteiger partial charge in [-0.05, 0) is 32.0 Å². The Labute approximate surface area is 133 Å². The second kappa shape index (κ2) is 7.30. The highest BCUT2D eigenvalue weighted by Gasteiger charge is 2.07. The maximum absolute atomic E-state index is 10.5. The van der Waals surface area contributed by atoms with Crippen LogP contribution in [0.3, 0.4) is 0 Å². The van der Waals surface area contributed by atoms with Crippen molar-refractivity contribution in [2.75, 3.05) is 18.0 Å². The molecule has 0 atom stereocenters. The molecule has 0 bridgehead atoms. The van der Waals surface area contributed by atoms with E-state index in [-0.39, 0.29) is 17.3 Å². The van der Waals surface area contributed by atoms with Gasteiger partial charge in [0, 0.05) is 30.9 Å². The van der Waals surface area contributed by atoms with Gasteiger partial charge in [0.05, 0.1) is 4.92 Å². The molecule has 0 saturated heterocycles. The minimum atomic E-state index is -0.536. The molecule has 0 aliphatic rings. The van der Waals surface area contributed by atoms with Crippen molar-refractivity contribution >= 4 is 22.9 Å². The van der Waals surface area contributed by atoms with Crippen molar-refractivity contribution in [2.24, 2.45) is 10.2 Å². The standard InChI is InChI=1S/C15H17N5O3/c1-3-19(4-2)11-5-7-13(14(21)9-11)17-18-15-8-6-12(10-16-15)20(22)23/h5-10,21H,3-4H2,1-2H3. The smallest absolute Gasteiger partial charge is 0.287 e. The van der Waals surface area contributed by atoms with Crippen LogP contribution in [0.4, 0.5) is 22.9 Å². The molecule has 0 aliphatic heterocycles. The maximum Gasteiger partial charge on any atom is 0.287 e. The number of hydrogen-bond acceptors (Lipinski definition) is 7. The lowest BCUT2D eigenvalue weighted by Crippen LogP contribution is -2.21. The lowest BCUT2D eigenvalue weighted by atomic mass is 10.2. The number of rotatable bonds is 6. The largest absolute Gasteiger partial charge is 0.506 e. The van der Waals surface area contributed by atoms with Crippen LogP contribution in [0.2, 0.25) is 0 Å². The molecule has 8 nitrogen and oxygen atoms in total. The molecule has 8 heteroatoms. The van der Waals surface area contributed by atoms with E-state index in [0.29, 0.717) is 5.69 Å². The Hall–Kier alpha value is -3.03. The van der Waals surface area contributed by atoms with Crippen LogP contribution in [-0.2, 0) is 0 Å². The lowest BCUT2D eigenvalue weighted by molar-refractivity contribution is -0.385. The summed E-state index contributed by atoms with van der Waals surface area (Å²) in [5, 5.41) is 28.4. The van der Waals surface area contributed by atoms with Crippen LogP contribution in [0.5, 0.6) is 5.75 Å². The number of pyridine rings is 1. The van der Waals surface area contributed by atoms with Gasteiger partial charge in [0.25, 0.3) is 5.69 Å². The highest BCUT2D eigenvalue weighted by atomic mass is 16.6. The van der Waals surface area contributed by atoms with Crippen LogP contribution in [-0.4, -0.2) is 28.1 Å². The van der Waals surface area contributed by atoms with Gasteiger partial charge < -0.3 is 10.0 Å². The van der Waals surface area contributed by atoms with Crippen molar-refractivity contribution < 1.29 is 10.0 Å². The second-order valence-corrected chi connectivity index (χ2v) is 4.68. The fraction of sp³-hybridized carbons (Fsp3) is 0.267. The summed E-state index contributed by atoms with van der Waals surface area (Å²) in [7, 11) is 0. The summed E-state index contributed by atoms with van der Waals surface area (Å²) in [4.78, 5) is 15.9. The summed E-state index contributed by atoms with van der Waals surface area (Å²) in [6, 6.07) is 7.83. The second-order valence-electron chi connectivity index (χ2n) is 4.68. The van der Waals surface area contributed by atoms with E-state index >= 15 is 0 Å². The van der Waals surface area contributed by atoms with Crippen molar-refractivity contribution in [1.82, 2.24) is 4.98 Å². The van der Waals surface area contributed by atoms with Gasteiger partial charge in [-0.3, -0.25) is 10.1 Å². The Morgan fingerprint density at radius 1 is 1.22 bits per heavy atom. The molecule has 0 radical (unpaired) electrons. The predicted molar refractivity (Wildman–Crippen MR) is 86.7 cm³/mol. The van der Waals surface area contributed by atoms with E-state index in [9.17, 15) is 15.2 Å². The Morgan fingerprint density at radius 3 is 2.48 bits per heavy atom. The van der Waals surface area contributed by atoms with Crippen LogP contribution in [0.15, 0.2) is 46.8 Å². The molecule has 0 saturated carbocycles. The molecular formula is C15H17N5O3. The molecule has 1 aromatic heterocycles. The van der Waals surface area contributed by atoms with Crippen molar-refractivity contribution in [2.45, 2.75) is 13.8 Å². The summed E-state index contributed by atoms with van der Waals surface area (Å²) in [6.45, 7) is 5.75. The Morgan fingerprint density at radius 2 is 1.96 bits per heavy atom. The molecule has 0 spiro atoms. The van der Waals surface area contributed by atoms with Crippen LogP contribution in [0.1, 0.15) is 13.8 Å². The number of nitro groups is 1. The third kappa shape index (κ3) is 4.00. The number of phenols is 1. The Balaban J connectivity index is 2.17. The number of aromatic hydroxyl groups is 1. The molecule has 0 aliphatic carbocycles. The minimum absolute atomic E-state index is 0.0139. The SMILES string of the molecule is CCN(CC)c1ccc(N=Nc2ccc([N+](=O)[O-])cn2)c(O)c1. The molecule has 0 fully saturated rings. The zero-order valence-corrected chi connectivity index (χ0v) is 12.9. The van der Waals surface area contributed by atoms with Gasteiger partial charge in [0.15, 0.2) is 5.82 Å². The van der Waals surface area contributed by atoms with Gasteiger partial charge in [0.2, 0.25) is 0 Å². The summed E-state index contributed by atoms with van der Waals surface area (Å²) in [5.41, 5.74) is 1.09. The number of benzene rings is 1. The quantitative estimate of drug-likeness (QED) is 0.493. The summed E-state index contributed by atoms with van der Waals surface area (Å²) >= 11 is 0. The predicted octanol–water partition coefficient (Wildman–Crippen LogP) is 3.96. The molecule has 0 amide bonds. The molecule has 1 N–H and O–H groups in total. The summed E-state index contributed by atoms with van der Waals surface area (Å²) < 4.78 is 0. The van der Waals surface area contributed by atoms with E-state index in [1.165, 1.54) is 12.1 Å². The van der Waals surface area contributed by atoms with Crippen molar-refractivity contribution in [3.05, 3.63) is 46.6 Å². The van der Waals surface area contributed by atoms with Gasteiger partial charge in [-0.15, -0.1) is 10.2 Å². The first-order chi connectivity index (χ1) is 11.0. The van der Waals surface area contributed by atoms with Crippen molar-refractivity contribution in [3.8, 4) is 5.75 Å². The van der Waals surface area contributed by atoms with Crippen LogP contribution >= 0.6 is 0 Å². The first-order valence-corrected chi connectivity index (χ1v) is 7.15. The molecule has 120 valence electrons. The molecule has 0 unspecified atom stereocenters. The first-order valence-electron chi connectivity index (χ1n) is 7.15. The fourth-order valence-corrected chi connectivity index (χ4v) is 2.03. The fourth-order valence-electron chi connectivity index (χ4n) is 2.03. The van der Waals surface area contributed by atoms with E-state index in [2.05, 4.69) is 20.1 Å². The third-order valence-electron chi connectivity index (χ3n) is 3.29. The molecule has 2 rings (SSSR count). The van der Waals surface area contributed by atoms with E-state index in [4.69, 9.17) is 0 Å². The lowest BCUT2D eigenvalue weighted by Gasteiger charge is -2.21. The van der Waals surface area contributed by atoms with Gasteiger partial charge in [-0.1, -0.05) is 0 Å². The topological polar surface area (TPSA) is 104 Å². The first kappa shape index (κ1) is 16.3. The molecule has 23 heavy (non-hydrogen) atoms. The van der Waals surface area contributed by atoms with E-state index < -0.39 is 4.92 Å². The van der Waals surface area contributed by atoms with Crippen LogP contribution in [0, 0.1) is 10.1 Å². The Kier molecular flexibility index (Phi) is 5.19. The van der Waals surface area contributed by atoms with Crippen LogP contribution < -0.4 is 4.90 Å². The van der Waals surface area contributed by atoms with E-state index in [0.717, 1.165) is 25.0 Å². The Bertz CT molecular complexity index is 712. The number of azo groups is 1. The van der Waals surface area contributed by atoms with Gasteiger partial charge >= 0.3 is 0 Å². The number of phenolic OH excluding ortho intramolecular Hbond substituents is 1. The average molecular weight is 315 g/mol. The highest BCUT2D eigenvalue weighted by molar-refractivity contribution is 5.61. The molecule has 1 heterocycles. The average Bonchev–Trinajstić information content (AvgIpc) is 2.55. The normalized spacial score (nSPS) is 10.9. The van der Waals surface area contributed by atoms with Gasteiger partial charge in [0.1, 0.15) is 17.6 Å². The van der Waals surface area contributed by atoms with Crippen molar-refractivity contribution in [3.63, 3.8) is 0 Å². The summed E-state index contributed by atoms with van der Waals surface area (Å²) in [5.74, 6) is 0.239. The highest BCUT2D eigenvalue weighted by Crippen LogP contribution is 2.32. The van der Waals surface area contributed by atoms with Gasteiger partial charge in [-0.2, -0.15) is 0 Å². The molecule has 2 aromatic rings. The van der Waals surface area contributed by atoms with Crippen LogP contribution in [0.25, 0.3) is 0 Å². The number of nitrogens with zero attached hydrogens (tertiary/aromatic N) is 5. The summed E-state index contributed by atoms with van der Waals surface area (Å²) in [6.07, 6.45) is 1.11. The van der Waals surface area contributed by atoms with E-state index in [1.54, 1.807) is 12.1 Å². The third-order valence-corrected chi connectivity index (χ3v) is 3.29.